The fourth-order valence-corrected chi connectivity index (χ4v) is 3.82. The van der Waals surface area contributed by atoms with Crippen LogP contribution in [0, 0.1) is 0 Å². The molecule has 0 spiro atoms. The van der Waals surface area contributed by atoms with Gasteiger partial charge in [0.25, 0.3) is 0 Å². The lowest BCUT2D eigenvalue weighted by molar-refractivity contribution is -0.117. The molecule has 0 bridgehead atoms. The Morgan fingerprint density at radius 3 is 2.29 bits per heavy atom. The number of nitrogens with zero attached hydrogens (tertiary/aromatic N) is 1. The fraction of sp³-hybridized carbons (Fsp3) is 0.647. The van der Waals surface area contributed by atoms with Gasteiger partial charge >= 0.3 is 0 Å². The van der Waals surface area contributed by atoms with E-state index >= 15 is 0 Å². The predicted molar refractivity (Wildman–Crippen MR) is 81.3 cm³/mol. The third-order valence-corrected chi connectivity index (χ3v) is 5.03. The van der Waals surface area contributed by atoms with Crippen molar-refractivity contribution < 1.29 is 14.6 Å². The smallest absolute Gasteiger partial charge is 0.181 e. The van der Waals surface area contributed by atoms with E-state index in [1.165, 1.54) is 6.42 Å². The van der Waals surface area contributed by atoms with Crippen molar-refractivity contribution in [1.29, 1.82) is 0 Å². The second-order valence-corrected chi connectivity index (χ2v) is 6.45. The summed E-state index contributed by atoms with van der Waals surface area (Å²) in [5, 5.41) is 11.2. The zero-order valence-corrected chi connectivity index (χ0v) is 13.1. The molecule has 1 saturated heterocycles. The number of epoxide rings is 1. The van der Waals surface area contributed by atoms with Crippen molar-refractivity contribution in [2.45, 2.75) is 49.5 Å². The van der Waals surface area contributed by atoms with Crippen molar-refractivity contribution in [2.24, 2.45) is 0 Å². The van der Waals surface area contributed by atoms with Gasteiger partial charge in [0.15, 0.2) is 5.72 Å². The van der Waals surface area contributed by atoms with E-state index in [-0.39, 0.29) is 6.10 Å². The van der Waals surface area contributed by atoms with Crippen LogP contribution in [0.1, 0.15) is 43.8 Å². The third kappa shape index (κ3) is 2.26. The van der Waals surface area contributed by atoms with Crippen molar-refractivity contribution in [2.75, 3.05) is 21.2 Å². The Morgan fingerprint density at radius 2 is 1.76 bits per heavy atom. The summed E-state index contributed by atoms with van der Waals surface area (Å²) in [6, 6.07) is 7.95. The highest BCUT2D eigenvalue weighted by Gasteiger charge is 2.70. The van der Waals surface area contributed by atoms with E-state index < -0.39 is 11.3 Å². The van der Waals surface area contributed by atoms with Gasteiger partial charge in [-0.05, 0) is 44.6 Å². The lowest BCUT2D eigenvalue weighted by Crippen LogP contribution is -2.55. The third-order valence-electron chi connectivity index (χ3n) is 5.03. The number of hydrogen-bond acceptors (Lipinski definition) is 4. The number of benzene rings is 1. The summed E-state index contributed by atoms with van der Waals surface area (Å²) in [7, 11) is 5.66. The van der Waals surface area contributed by atoms with Gasteiger partial charge in [0.1, 0.15) is 17.5 Å². The minimum absolute atomic E-state index is 0.0680. The van der Waals surface area contributed by atoms with Crippen molar-refractivity contribution in [3.05, 3.63) is 29.8 Å². The van der Waals surface area contributed by atoms with E-state index in [9.17, 15) is 5.11 Å². The van der Waals surface area contributed by atoms with Crippen molar-refractivity contribution in [3.63, 3.8) is 0 Å². The van der Waals surface area contributed by atoms with Crippen LogP contribution < -0.4 is 4.74 Å². The summed E-state index contributed by atoms with van der Waals surface area (Å²) in [4.78, 5) is 2.05. The molecule has 2 aliphatic rings. The van der Waals surface area contributed by atoms with Crippen LogP contribution in [0.5, 0.6) is 5.75 Å². The molecule has 1 N–H and O–H groups in total. The Morgan fingerprint density at radius 1 is 1.14 bits per heavy atom. The second kappa shape index (κ2) is 5.27. The molecule has 2 fully saturated rings. The first kappa shape index (κ1) is 14.8. The molecule has 21 heavy (non-hydrogen) atoms. The molecule has 0 unspecified atom stereocenters. The molecule has 1 aliphatic heterocycles. The van der Waals surface area contributed by atoms with Crippen molar-refractivity contribution in [3.8, 4) is 5.75 Å². The van der Waals surface area contributed by atoms with Gasteiger partial charge in [0.05, 0.1) is 7.11 Å². The Kier molecular flexibility index (Phi) is 3.72. The second-order valence-electron chi connectivity index (χ2n) is 6.45. The lowest BCUT2D eigenvalue weighted by atomic mass is 9.76. The van der Waals surface area contributed by atoms with Crippen LogP contribution >= 0.6 is 0 Å². The van der Waals surface area contributed by atoms with Gasteiger partial charge in [-0.15, -0.1) is 0 Å². The average molecular weight is 291 g/mol. The minimum Gasteiger partial charge on any atom is -0.497 e. The quantitative estimate of drug-likeness (QED) is 0.866. The van der Waals surface area contributed by atoms with E-state index in [0.717, 1.165) is 37.0 Å². The first-order valence-corrected chi connectivity index (χ1v) is 7.75. The summed E-state index contributed by atoms with van der Waals surface area (Å²) >= 11 is 0. The fourth-order valence-electron chi connectivity index (χ4n) is 3.82. The Hall–Kier alpha value is -1.10. The number of aliphatic hydroxyl groups is 1. The molecule has 1 aromatic rings. The highest BCUT2D eigenvalue weighted by Crippen LogP contribution is 2.60. The van der Waals surface area contributed by atoms with Gasteiger partial charge in [-0.3, -0.25) is 4.90 Å². The molecule has 2 atom stereocenters. The molecule has 0 amide bonds. The van der Waals surface area contributed by atoms with Gasteiger partial charge in [0, 0.05) is 0 Å². The highest BCUT2D eigenvalue weighted by molar-refractivity contribution is 5.34. The van der Waals surface area contributed by atoms with Gasteiger partial charge in [-0.25, -0.2) is 0 Å². The largest absolute Gasteiger partial charge is 0.497 e. The van der Waals surface area contributed by atoms with E-state index in [4.69, 9.17) is 9.47 Å². The zero-order chi connectivity index (χ0) is 15.1. The van der Waals surface area contributed by atoms with E-state index in [1.807, 2.05) is 43.3 Å². The molecule has 116 valence electrons. The maximum Gasteiger partial charge on any atom is 0.181 e. The van der Waals surface area contributed by atoms with Crippen molar-refractivity contribution in [1.82, 2.24) is 4.90 Å². The number of hydrogen-bond donors (Lipinski definition) is 1. The zero-order valence-electron chi connectivity index (χ0n) is 13.1. The molecule has 4 nitrogen and oxygen atoms in total. The maximum atomic E-state index is 11.2. The molecule has 0 radical (unpaired) electrons. The molecule has 4 heteroatoms. The summed E-state index contributed by atoms with van der Waals surface area (Å²) in [6.07, 6.45) is 4.92. The van der Waals surface area contributed by atoms with Gasteiger partial charge in [0.2, 0.25) is 0 Å². The molecule has 1 heterocycles. The Balaban J connectivity index is 1.87. The standard InChI is InChI=1S/C17H25NO3/c1-18(2)17(16(19)11-5-4-6-12-16)15(21-17)13-7-9-14(20-3)10-8-13/h7-10,15,19H,4-6,11-12H2,1-3H3/t15-,17+/m1/s1. The van der Waals surface area contributed by atoms with E-state index in [0.29, 0.717) is 0 Å². The first-order valence-electron chi connectivity index (χ1n) is 7.75. The van der Waals surface area contributed by atoms with Crippen LogP contribution in [0.15, 0.2) is 24.3 Å². The van der Waals surface area contributed by atoms with Crippen LogP contribution in [-0.4, -0.2) is 42.5 Å². The molecule has 0 aromatic heterocycles. The maximum absolute atomic E-state index is 11.2. The molecular weight excluding hydrogens is 266 g/mol. The van der Waals surface area contributed by atoms with Crippen molar-refractivity contribution >= 4 is 0 Å². The van der Waals surface area contributed by atoms with E-state index in [2.05, 4.69) is 0 Å². The number of ether oxygens (including phenoxy) is 2. The van der Waals surface area contributed by atoms with Crippen LogP contribution in [0.4, 0.5) is 0 Å². The van der Waals surface area contributed by atoms with Crippen LogP contribution in [-0.2, 0) is 4.74 Å². The molecule has 3 rings (SSSR count). The summed E-state index contributed by atoms with van der Waals surface area (Å²) in [5.41, 5.74) is -0.232. The summed E-state index contributed by atoms with van der Waals surface area (Å²) < 4.78 is 11.3. The van der Waals surface area contributed by atoms with Crippen LogP contribution in [0.3, 0.4) is 0 Å². The Labute approximate surface area is 126 Å². The average Bonchev–Trinajstić information content (AvgIpc) is 3.26. The highest BCUT2D eigenvalue weighted by atomic mass is 16.6. The molecule has 1 aromatic carbocycles. The van der Waals surface area contributed by atoms with Crippen LogP contribution in [0.2, 0.25) is 0 Å². The summed E-state index contributed by atoms with van der Waals surface area (Å²) in [6.45, 7) is 0. The summed E-state index contributed by atoms with van der Waals surface area (Å²) in [5.74, 6) is 0.839. The van der Waals surface area contributed by atoms with Gasteiger partial charge in [-0.1, -0.05) is 31.4 Å². The molecule has 1 saturated carbocycles. The number of rotatable bonds is 4. The Bertz CT molecular complexity index is 493. The normalized spacial score (nSPS) is 31.2. The topological polar surface area (TPSA) is 45.2 Å². The van der Waals surface area contributed by atoms with Gasteiger partial charge < -0.3 is 14.6 Å². The molecular formula is C17H25NO3. The van der Waals surface area contributed by atoms with E-state index in [1.54, 1.807) is 7.11 Å². The number of likely N-dealkylation sites (N-methyl/N-ethyl adjacent to an activating group) is 1. The monoisotopic (exact) mass is 291 g/mol. The lowest BCUT2D eigenvalue weighted by Gasteiger charge is -2.41. The SMILES string of the molecule is COc1ccc([C@H]2O[C@]2(N(C)C)C2(O)CCCCC2)cc1. The van der Waals surface area contributed by atoms with Gasteiger partial charge in [-0.2, -0.15) is 0 Å². The minimum atomic E-state index is -0.751. The molecule has 1 aliphatic carbocycles. The predicted octanol–water partition coefficient (Wildman–Crippen LogP) is 2.72. The van der Waals surface area contributed by atoms with Crippen LogP contribution in [0.25, 0.3) is 0 Å². The first-order chi connectivity index (χ1) is 10.0. The number of methoxy groups -OCH3 is 1.